The van der Waals surface area contributed by atoms with Gasteiger partial charge in [0.25, 0.3) is 0 Å². The maximum absolute atomic E-state index is 11.9. The Labute approximate surface area is 110 Å². The van der Waals surface area contributed by atoms with Gasteiger partial charge < -0.3 is 20.9 Å². The smallest absolute Gasteiger partial charge is 0.317 e. The Bertz CT molecular complexity index is 268. The summed E-state index contributed by atoms with van der Waals surface area (Å²) < 4.78 is 0. The highest BCUT2D eigenvalue weighted by Gasteiger charge is 2.26. The van der Waals surface area contributed by atoms with Gasteiger partial charge in [0, 0.05) is 25.7 Å². The summed E-state index contributed by atoms with van der Waals surface area (Å²) in [7, 11) is 0. The number of unbranched alkanes of at least 4 members (excludes halogenated alkanes) is 1. The summed E-state index contributed by atoms with van der Waals surface area (Å²) in [6, 6.07) is 0.600. The van der Waals surface area contributed by atoms with Crippen LogP contribution in [-0.4, -0.2) is 61.1 Å². The van der Waals surface area contributed by atoms with Gasteiger partial charge in [0.1, 0.15) is 0 Å². The fourth-order valence-electron chi connectivity index (χ4n) is 2.37. The molecule has 5 heteroatoms. The number of nitrogens with two attached hydrogens (primary N) is 1. The van der Waals surface area contributed by atoms with Gasteiger partial charge >= 0.3 is 6.03 Å². The van der Waals surface area contributed by atoms with Crippen LogP contribution in [0.15, 0.2) is 0 Å². The zero-order valence-corrected chi connectivity index (χ0v) is 11.2. The third kappa shape index (κ3) is 4.46. The number of nitrogens with one attached hydrogen (secondary N) is 1. The summed E-state index contributed by atoms with van der Waals surface area (Å²) in [5.41, 5.74) is 5.51. The van der Waals surface area contributed by atoms with Crippen molar-refractivity contribution in [1.82, 2.24) is 15.1 Å². The van der Waals surface area contributed by atoms with E-state index >= 15 is 0 Å². The van der Waals surface area contributed by atoms with Gasteiger partial charge in [-0.1, -0.05) is 0 Å². The van der Waals surface area contributed by atoms with Crippen molar-refractivity contribution in [2.45, 2.75) is 38.1 Å². The SMILES string of the molecule is NCCCCN1CCCN(C(=O)NC2CC2)CC1. The Balaban J connectivity index is 1.68. The summed E-state index contributed by atoms with van der Waals surface area (Å²) in [5, 5.41) is 3.07. The molecule has 0 radical (unpaired) electrons. The van der Waals surface area contributed by atoms with Crippen LogP contribution in [0.5, 0.6) is 0 Å². The van der Waals surface area contributed by atoms with E-state index in [0.29, 0.717) is 6.04 Å². The molecule has 0 unspecified atom stereocenters. The first kappa shape index (κ1) is 13.6. The second-order valence-corrected chi connectivity index (χ2v) is 5.40. The molecule has 2 rings (SSSR count). The second-order valence-electron chi connectivity index (χ2n) is 5.40. The summed E-state index contributed by atoms with van der Waals surface area (Å²) in [4.78, 5) is 16.4. The first-order chi connectivity index (χ1) is 8.79. The van der Waals surface area contributed by atoms with E-state index < -0.39 is 0 Å². The van der Waals surface area contributed by atoms with E-state index in [0.717, 1.165) is 65.0 Å². The fourth-order valence-corrected chi connectivity index (χ4v) is 2.37. The summed E-state index contributed by atoms with van der Waals surface area (Å²) in [6.07, 6.45) is 5.67. The molecule has 0 bridgehead atoms. The van der Waals surface area contributed by atoms with Crippen molar-refractivity contribution in [3.8, 4) is 0 Å². The average molecular weight is 254 g/mol. The van der Waals surface area contributed by atoms with E-state index in [2.05, 4.69) is 10.2 Å². The minimum absolute atomic E-state index is 0.140. The summed E-state index contributed by atoms with van der Waals surface area (Å²) >= 11 is 0. The van der Waals surface area contributed by atoms with Crippen LogP contribution in [0.25, 0.3) is 0 Å². The van der Waals surface area contributed by atoms with Gasteiger partial charge in [-0.25, -0.2) is 4.79 Å². The van der Waals surface area contributed by atoms with Gasteiger partial charge in [-0.15, -0.1) is 0 Å². The van der Waals surface area contributed by atoms with Crippen LogP contribution in [0.3, 0.4) is 0 Å². The van der Waals surface area contributed by atoms with Crippen LogP contribution in [-0.2, 0) is 0 Å². The molecular weight excluding hydrogens is 228 g/mol. The molecule has 1 saturated carbocycles. The van der Waals surface area contributed by atoms with Crippen LogP contribution < -0.4 is 11.1 Å². The predicted molar refractivity (Wildman–Crippen MR) is 72.5 cm³/mol. The quantitative estimate of drug-likeness (QED) is 0.707. The number of hydrogen-bond acceptors (Lipinski definition) is 3. The molecule has 2 aliphatic rings. The van der Waals surface area contributed by atoms with Crippen molar-refractivity contribution in [2.24, 2.45) is 5.73 Å². The molecule has 2 amide bonds. The molecule has 1 saturated heterocycles. The first-order valence-corrected chi connectivity index (χ1v) is 7.27. The number of carbonyl (C=O) groups excluding carboxylic acids is 1. The summed E-state index contributed by atoms with van der Waals surface area (Å²) in [5.74, 6) is 0. The second kappa shape index (κ2) is 6.95. The molecular formula is C13H26N4O. The molecule has 18 heavy (non-hydrogen) atoms. The van der Waals surface area contributed by atoms with Gasteiger partial charge in [0.2, 0.25) is 0 Å². The number of hydrogen-bond donors (Lipinski definition) is 2. The number of nitrogens with zero attached hydrogens (tertiary/aromatic N) is 2. The summed E-state index contributed by atoms with van der Waals surface area (Å²) in [6.45, 7) is 5.77. The molecule has 0 aromatic heterocycles. The van der Waals surface area contributed by atoms with E-state index in [9.17, 15) is 4.79 Å². The van der Waals surface area contributed by atoms with E-state index in [-0.39, 0.29) is 6.03 Å². The molecule has 1 heterocycles. The van der Waals surface area contributed by atoms with Crippen LogP contribution in [0.2, 0.25) is 0 Å². The first-order valence-electron chi connectivity index (χ1n) is 7.27. The van der Waals surface area contributed by atoms with E-state index in [4.69, 9.17) is 5.73 Å². The van der Waals surface area contributed by atoms with Crippen molar-refractivity contribution in [2.75, 3.05) is 39.3 Å². The standard InChI is InChI=1S/C13H26N4O/c14-6-1-2-7-16-8-3-9-17(11-10-16)13(18)15-12-4-5-12/h12H,1-11,14H2,(H,15,18). The molecule has 3 N–H and O–H groups in total. The highest BCUT2D eigenvalue weighted by molar-refractivity contribution is 5.74. The third-order valence-corrected chi connectivity index (χ3v) is 3.71. The minimum Gasteiger partial charge on any atom is -0.335 e. The monoisotopic (exact) mass is 254 g/mol. The lowest BCUT2D eigenvalue weighted by molar-refractivity contribution is 0.197. The zero-order valence-electron chi connectivity index (χ0n) is 11.2. The molecule has 1 aliphatic heterocycles. The van der Waals surface area contributed by atoms with E-state index in [1.165, 1.54) is 6.42 Å². The minimum atomic E-state index is 0.140. The normalized spacial score (nSPS) is 21.7. The highest BCUT2D eigenvalue weighted by Crippen LogP contribution is 2.19. The van der Waals surface area contributed by atoms with Gasteiger partial charge in [-0.05, 0) is 51.7 Å². The maximum atomic E-state index is 11.9. The van der Waals surface area contributed by atoms with Gasteiger partial charge in [0.05, 0.1) is 0 Å². The molecule has 1 aliphatic carbocycles. The van der Waals surface area contributed by atoms with Crippen molar-refractivity contribution in [3.05, 3.63) is 0 Å². The zero-order chi connectivity index (χ0) is 12.8. The average Bonchev–Trinajstić information content (AvgIpc) is 3.16. The Morgan fingerprint density at radius 1 is 1.17 bits per heavy atom. The largest absolute Gasteiger partial charge is 0.335 e. The third-order valence-electron chi connectivity index (χ3n) is 3.71. The van der Waals surface area contributed by atoms with E-state index in [1.807, 2.05) is 4.90 Å². The lowest BCUT2D eigenvalue weighted by Gasteiger charge is -2.22. The van der Waals surface area contributed by atoms with Gasteiger partial charge in [0.15, 0.2) is 0 Å². The van der Waals surface area contributed by atoms with Crippen LogP contribution in [0.4, 0.5) is 4.79 Å². The molecule has 0 aromatic rings. The van der Waals surface area contributed by atoms with Crippen molar-refractivity contribution >= 4 is 6.03 Å². The Morgan fingerprint density at radius 3 is 2.72 bits per heavy atom. The topological polar surface area (TPSA) is 61.6 Å². The van der Waals surface area contributed by atoms with Gasteiger partial charge in [-0.2, -0.15) is 0 Å². The van der Waals surface area contributed by atoms with Gasteiger partial charge in [-0.3, -0.25) is 0 Å². The van der Waals surface area contributed by atoms with Crippen molar-refractivity contribution in [1.29, 1.82) is 0 Å². The lowest BCUT2D eigenvalue weighted by atomic mass is 10.3. The maximum Gasteiger partial charge on any atom is 0.317 e. The number of amides is 2. The highest BCUT2D eigenvalue weighted by atomic mass is 16.2. The lowest BCUT2D eigenvalue weighted by Crippen LogP contribution is -2.42. The Hall–Kier alpha value is -0.810. The number of rotatable bonds is 5. The molecule has 104 valence electrons. The Morgan fingerprint density at radius 2 is 2.00 bits per heavy atom. The van der Waals surface area contributed by atoms with Crippen LogP contribution in [0.1, 0.15) is 32.1 Å². The van der Waals surface area contributed by atoms with Crippen molar-refractivity contribution in [3.63, 3.8) is 0 Å². The molecule has 0 aromatic carbocycles. The van der Waals surface area contributed by atoms with Crippen molar-refractivity contribution < 1.29 is 4.79 Å². The Kier molecular flexibility index (Phi) is 5.26. The van der Waals surface area contributed by atoms with Crippen LogP contribution in [0, 0.1) is 0 Å². The molecule has 5 nitrogen and oxygen atoms in total. The number of carbonyl (C=O) groups is 1. The molecule has 0 spiro atoms. The van der Waals surface area contributed by atoms with E-state index in [1.54, 1.807) is 0 Å². The van der Waals surface area contributed by atoms with Crippen LogP contribution >= 0.6 is 0 Å². The fraction of sp³-hybridized carbons (Fsp3) is 0.923. The molecule has 0 atom stereocenters. The molecule has 2 fully saturated rings. The predicted octanol–water partition coefficient (Wildman–Crippen LogP) is 0.605. The number of urea groups is 1.